The zero-order valence-corrected chi connectivity index (χ0v) is 24.2. The number of hydrogen-bond acceptors (Lipinski definition) is 8. The number of urea groups is 1. The van der Waals surface area contributed by atoms with Gasteiger partial charge in [0.1, 0.15) is 5.01 Å². The number of ether oxygens (including phenoxy) is 2. The Morgan fingerprint density at radius 1 is 1.05 bits per heavy atom. The van der Waals surface area contributed by atoms with Crippen LogP contribution in [-0.2, 0) is 6.42 Å². The van der Waals surface area contributed by atoms with E-state index in [-0.39, 0.29) is 23.8 Å². The molecule has 0 atom stereocenters. The number of anilines is 2. The van der Waals surface area contributed by atoms with Gasteiger partial charge in [-0.3, -0.25) is 10.2 Å². The van der Waals surface area contributed by atoms with Gasteiger partial charge in [0.25, 0.3) is 0 Å². The number of halogens is 1. The standard InChI is InChI=1S/C30H25FN4O5S2/c1-16(2)39-23-12-11-18(14-20(23)31)25-26(40-30(37)38)33-27(42-25)19-10-9-17-6-5-13-35(22(17)15-19)29(36)34-28-32-21-7-3-4-8-24(21)41-28/h3-4,7-12,14-16H,5-6,13H2,1-2H3,(H,37,38)(H,32,34,36). The first-order valence-electron chi connectivity index (χ1n) is 13.2. The van der Waals surface area contributed by atoms with Crippen molar-refractivity contribution < 1.29 is 28.6 Å². The molecule has 9 nitrogen and oxygen atoms in total. The minimum atomic E-state index is -1.53. The highest BCUT2D eigenvalue weighted by molar-refractivity contribution is 7.22. The molecule has 0 fully saturated rings. The Balaban J connectivity index is 1.32. The van der Waals surface area contributed by atoms with Gasteiger partial charge in [0.05, 0.1) is 21.2 Å². The molecule has 0 spiro atoms. The molecule has 214 valence electrons. The molecule has 2 aromatic heterocycles. The normalized spacial score (nSPS) is 12.8. The van der Waals surface area contributed by atoms with Crippen molar-refractivity contribution in [3.8, 4) is 32.6 Å². The third-order valence-corrected chi connectivity index (χ3v) is 8.63. The first kappa shape index (κ1) is 27.6. The van der Waals surface area contributed by atoms with E-state index in [1.807, 2.05) is 42.5 Å². The predicted octanol–water partition coefficient (Wildman–Crippen LogP) is 8.05. The molecule has 0 radical (unpaired) electrons. The van der Waals surface area contributed by atoms with Gasteiger partial charge < -0.3 is 14.6 Å². The van der Waals surface area contributed by atoms with Gasteiger partial charge in [-0.05, 0) is 68.7 Å². The Kier molecular flexibility index (Phi) is 7.48. The second-order valence-electron chi connectivity index (χ2n) is 9.85. The van der Waals surface area contributed by atoms with Crippen molar-refractivity contribution in [2.45, 2.75) is 32.8 Å². The number of carbonyl (C=O) groups is 2. The molecule has 1 aliphatic rings. The van der Waals surface area contributed by atoms with E-state index in [0.717, 1.165) is 34.3 Å². The number of carbonyl (C=O) groups excluding carboxylic acids is 1. The van der Waals surface area contributed by atoms with Gasteiger partial charge in [0.2, 0.25) is 5.88 Å². The van der Waals surface area contributed by atoms with Crippen molar-refractivity contribution in [2.24, 2.45) is 0 Å². The zero-order valence-electron chi connectivity index (χ0n) is 22.6. The summed E-state index contributed by atoms with van der Waals surface area (Å²) in [7, 11) is 0. The molecule has 3 heterocycles. The van der Waals surface area contributed by atoms with Crippen LogP contribution >= 0.6 is 22.7 Å². The fourth-order valence-corrected chi connectivity index (χ4v) is 6.60. The summed E-state index contributed by atoms with van der Waals surface area (Å²) in [6.45, 7) is 4.12. The number of amides is 2. The van der Waals surface area contributed by atoms with Crippen molar-refractivity contribution in [1.29, 1.82) is 0 Å². The number of thiazole rings is 2. The summed E-state index contributed by atoms with van der Waals surface area (Å²) in [5.41, 5.74) is 3.63. The van der Waals surface area contributed by atoms with Crippen LogP contribution in [0.25, 0.3) is 31.2 Å². The lowest BCUT2D eigenvalue weighted by molar-refractivity contribution is 0.143. The summed E-state index contributed by atoms with van der Waals surface area (Å²) < 4.78 is 26.2. The fraction of sp³-hybridized carbons (Fsp3) is 0.200. The second-order valence-corrected chi connectivity index (χ2v) is 11.9. The number of para-hydroxylation sites is 1. The molecule has 0 unspecified atom stereocenters. The van der Waals surface area contributed by atoms with E-state index in [2.05, 4.69) is 15.3 Å². The average Bonchev–Trinajstić information content (AvgIpc) is 3.56. The lowest BCUT2D eigenvalue weighted by Crippen LogP contribution is -2.38. The summed E-state index contributed by atoms with van der Waals surface area (Å²) in [6.07, 6.45) is -0.129. The highest BCUT2D eigenvalue weighted by Crippen LogP contribution is 2.43. The molecule has 0 aliphatic carbocycles. The highest BCUT2D eigenvalue weighted by Gasteiger charge is 2.26. The third kappa shape index (κ3) is 5.63. The van der Waals surface area contributed by atoms with E-state index >= 15 is 0 Å². The minimum absolute atomic E-state index is 0.0955. The lowest BCUT2D eigenvalue weighted by atomic mass is 10.00. The molecule has 2 N–H and O–H groups in total. The van der Waals surface area contributed by atoms with Gasteiger partial charge in [0, 0.05) is 23.4 Å². The first-order chi connectivity index (χ1) is 20.2. The summed E-state index contributed by atoms with van der Waals surface area (Å²) in [6, 6.07) is 17.5. The number of hydrogen-bond donors (Lipinski definition) is 2. The van der Waals surface area contributed by atoms with Gasteiger partial charge in [-0.25, -0.2) is 23.9 Å². The van der Waals surface area contributed by atoms with Crippen LogP contribution in [-0.4, -0.2) is 39.9 Å². The van der Waals surface area contributed by atoms with Gasteiger partial charge in [-0.2, -0.15) is 0 Å². The van der Waals surface area contributed by atoms with E-state index in [4.69, 9.17) is 9.47 Å². The Morgan fingerprint density at radius 2 is 1.86 bits per heavy atom. The van der Waals surface area contributed by atoms with E-state index in [0.29, 0.717) is 32.7 Å². The van der Waals surface area contributed by atoms with Crippen molar-refractivity contribution in [3.05, 3.63) is 72.0 Å². The van der Waals surface area contributed by atoms with Gasteiger partial charge >= 0.3 is 12.2 Å². The number of benzene rings is 3. The van der Waals surface area contributed by atoms with Crippen LogP contribution < -0.4 is 19.7 Å². The quantitative estimate of drug-likeness (QED) is 0.189. The zero-order chi connectivity index (χ0) is 29.4. The minimum Gasteiger partial charge on any atom is -0.488 e. The average molecular weight is 605 g/mol. The lowest BCUT2D eigenvalue weighted by Gasteiger charge is -2.29. The molecule has 6 rings (SSSR count). The smallest absolute Gasteiger partial charge is 0.488 e. The molecule has 2 amide bonds. The molecule has 5 aromatic rings. The van der Waals surface area contributed by atoms with Crippen molar-refractivity contribution in [2.75, 3.05) is 16.8 Å². The summed E-state index contributed by atoms with van der Waals surface area (Å²) in [4.78, 5) is 35.8. The Bertz CT molecular complexity index is 1790. The largest absolute Gasteiger partial charge is 0.512 e. The number of nitrogens with zero attached hydrogens (tertiary/aromatic N) is 3. The molecule has 42 heavy (non-hydrogen) atoms. The molecule has 0 saturated carbocycles. The Morgan fingerprint density at radius 3 is 2.62 bits per heavy atom. The maximum atomic E-state index is 14.8. The Hall–Kier alpha value is -4.55. The van der Waals surface area contributed by atoms with E-state index in [9.17, 15) is 19.1 Å². The van der Waals surface area contributed by atoms with Crippen molar-refractivity contribution in [3.63, 3.8) is 0 Å². The number of aromatic nitrogens is 2. The molecule has 12 heteroatoms. The van der Waals surface area contributed by atoms with E-state index in [1.165, 1.54) is 34.8 Å². The van der Waals surface area contributed by atoms with Crippen LogP contribution in [0.4, 0.5) is 24.8 Å². The highest BCUT2D eigenvalue weighted by atomic mass is 32.1. The number of nitrogens with one attached hydrogen (secondary N) is 1. The number of fused-ring (bicyclic) bond motifs is 2. The summed E-state index contributed by atoms with van der Waals surface area (Å²) in [5.74, 6) is -0.637. The second kappa shape index (κ2) is 11.4. The van der Waals surface area contributed by atoms with E-state index in [1.54, 1.807) is 24.8 Å². The summed E-state index contributed by atoms with van der Waals surface area (Å²) in [5, 5.41) is 13.2. The number of aryl methyl sites for hydroxylation is 1. The SMILES string of the molecule is CC(C)Oc1ccc(-c2sc(-c3ccc4c(c3)N(C(=O)Nc3nc5ccccc5s3)CCC4)nc2OC(=O)O)cc1F. The first-order valence-corrected chi connectivity index (χ1v) is 14.8. The van der Waals surface area contributed by atoms with Gasteiger partial charge in [-0.15, -0.1) is 11.3 Å². The summed E-state index contributed by atoms with van der Waals surface area (Å²) >= 11 is 2.58. The molecule has 1 aliphatic heterocycles. The van der Waals surface area contributed by atoms with Crippen LogP contribution in [0.5, 0.6) is 11.6 Å². The van der Waals surface area contributed by atoms with Crippen molar-refractivity contribution in [1.82, 2.24) is 9.97 Å². The molecule has 3 aromatic carbocycles. The van der Waals surface area contributed by atoms with Crippen LogP contribution in [0, 0.1) is 5.82 Å². The van der Waals surface area contributed by atoms with Crippen LogP contribution in [0.2, 0.25) is 0 Å². The van der Waals surface area contributed by atoms with Crippen LogP contribution in [0.1, 0.15) is 25.8 Å². The third-order valence-electron chi connectivity index (χ3n) is 6.54. The molecule has 0 bridgehead atoms. The Labute approximate surface area is 248 Å². The number of carboxylic acid groups (broad SMARTS) is 1. The van der Waals surface area contributed by atoms with E-state index < -0.39 is 12.0 Å². The van der Waals surface area contributed by atoms with Gasteiger partial charge in [-0.1, -0.05) is 35.6 Å². The van der Waals surface area contributed by atoms with Gasteiger partial charge in [0.15, 0.2) is 16.7 Å². The van der Waals surface area contributed by atoms with Crippen LogP contribution in [0.3, 0.4) is 0 Å². The molecular weight excluding hydrogens is 579 g/mol. The van der Waals surface area contributed by atoms with Crippen molar-refractivity contribution >= 4 is 55.9 Å². The predicted molar refractivity (Wildman–Crippen MR) is 162 cm³/mol. The number of rotatable bonds is 6. The monoisotopic (exact) mass is 604 g/mol. The molecular formula is C30H25FN4O5S2. The maximum absolute atomic E-state index is 14.8. The topological polar surface area (TPSA) is 114 Å². The fourth-order valence-electron chi connectivity index (χ4n) is 4.76. The maximum Gasteiger partial charge on any atom is 0.512 e. The molecule has 0 saturated heterocycles. The van der Waals surface area contributed by atoms with Crippen LogP contribution in [0.15, 0.2) is 60.7 Å².